The summed E-state index contributed by atoms with van der Waals surface area (Å²) >= 11 is 12.2. The molecule has 3 rings (SSSR count). The maximum atomic E-state index is 6.18. The second-order valence-corrected chi connectivity index (χ2v) is 4.80. The molecule has 5 nitrogen and oxygen atoms in total. The zero-order chi connectivity index (χ0) is 12.7. The van der Waals surface area contributed by atoms with E-state index in [1.54, 1.807) is 17.6 Å². The van der Waals surface area contributed by atoms with Gasteiger partial charge in [-0.2, -0.15) is 5.10 Å². The summed E-state index contributed by atoms with van der Waals surface area (Å²) in [5.41, 5.74) is 2.02. The number of hydrogen-bond acceptors (Lipinski definition) is 4. The van der Waals surface area contributed by atoms with Crippen molar-refractivity contribution < 1.29 is 9.47 Å². The van der Waals surface area contributed by atoms with Gasteiger partial charge < -0.3 is 9.47 Å². The van der Waals surface area contributed by atoms with Gasteiger partial charge in [0, 0.05) is 5.56 Å². The summed E-state index contributed by atoms with van der Waals surface area (Å²) in [5, 5.41) is 5.02. The maximum Gasteiger partial charge on any atom is 0.188 e. The lowest BCUT2D eigenvalue weighted by Gasteiger charge is -2.22. The second kappa shape index (κ2) is 4.66. The van der Waals surface area contributed by atoms with Gasteiger partial charge in [0.25, 0.3) is 0 Å². The largest absolute Gasteiger partial charge is 0.348 e. The molecule has 0 amide bonds. The van der Waals surface area contributed by atoms with Gasteiger partial charge >= 0.3 is 0 Å². The normalized spacial score (nSPS) is 17.5. The van der Waals surface area contributed by atoms with Crippen molar-refractivity contribution in [2.45, 2.75) is 19.6 Å². The molecule has 0 spiro atoms. The SMILES string of the molecule is Cc1c(Cl)nc2c(C3OCCCO3)cnn2c1Cl. The second-order valence-electron chi connectivity index (χ2n) is 4.08. The lowest BCUT2D eigenvalue weighted by Crippen LogP contribution is -2.17. The fraction of sp³-hybridized carbons (Fsp3) is 0.455. The summed E-state index contributed by atoms with van der Waals surface area (Å²) < 4.78 is 12.6. The molecule has 0 atom stereocenters. The number of nitrogens with zero attached hydrogens (tertiary/aromatic N) is 3. The van der Waals surface area contributed by atoms with Crippen LogP contribution in [-0.4, -0.2) is 27.8 Å². The van der Waals surface area contributed by atoms with Gasteiger partial charge in [-0.15, -0.1) is 0 Å². The van der Waals surface area contributed by atoms with E-state index in [2.05, 4.69) is 10.1 Å². The quantitative estimate of drug-likeness (QED) is 0.757. The first kappa shape index (κ1) is 12.2. The molecule has 96 valence electrons. The summed E-state index contributed by atoms with van der Waals surface area (Å²) in [7, 11) is 0. The van der Waals surface area contributed by atoms with Gasteiger partial charge in [-0.3, -0.25) is 0 Å². The highest BCUT2D eigenvalue weighted by Gasteiger charge is 2.23. The van der Waals surface area contributed by atoms with E-state index in [9.17, 15) is 0 Å². The molecule has 0 saturated carbocycles. The minimum absolute atomic E-state index is 0.366. The zero-order valence-corrected chi connectivity index (χ0v) is 11.2. The van der Waals surface area contributed by atoms with E-state index >= 15 is 0 Å². The monoisotopic (exact) mass is 287 g/mol. The topological polar surface area (TPSA) is 48.7 Å². The van der Waals surface area contributed by atoms with Crippen LogP contribution in [0, 0.1) is 6.92 Å². The van der Waals surface area contributed by atoms with E-state index in [1.165, 1.54) is 0 Å². The lowest BCUT2D eigenvalue weighted by molar-refractivity contribution is -0.182. The van der Waals surface area contributed by atoms with Gasteiger partial charge in [0.05, 0.1) is 25.0 Å². The minimum Gasteiger partial charge on any atom is -0.348 e. The van der Waals surface area contributed by atoms with Crippen molar-refractivity contribution in [3.63, 3.8) is 0 Å². The molecule has 1 saturated heterocycles. The fourth-order valence-corrected chi connectivity index (χ4v) is 2.30. The summed E-state index contributed by atoms with van der Waals surface area (Å²) in [6, 6.07) is 0. The van der Waals surface area contributed by atoms with Crippen LogP contribution in [0.2, 0.25) is 10.3 Å². The van der Waals surface area contributed by atoms with Gasteiger partial charge in [0.15, 0.2) is 11.9 Å². The summed E-state index contributed by atoms with van der Waals surface area (Å²) in [5.74, 6) is 0. The number of fused-ring (bicyclic) bond motifs is 1. The Morgan fingerprint density at radius 1 is 1.33 bits per heavy atom. The Morgan fingerprint density at radius 2 is 2.06 bits per heavy atom. The highest BCUT2D eigenvalue weighted by molar-refractivity contribution is 6.34. The van der Waals surface area contributed by atoms with E-state index in [1.807, 2.05) is 0 Å². The van der Waals surface area contributed by atoms with Crippen molar-refractivity contribution in [2.75, 3.05) is 13.2 Å². The number of rotatable bonds is 1. The van der Waals surface area contributed by atoms with Gasteiger partial charge in [-0.25, -0.2) is 9.50 Å². The zero-order valence-electron chi connectivity index (χ0n) is 9.69. The van der Waals surface area contributed by atoms with E-state index in [4.69, 9.17) is 32.7 Å². The molecule has 18 heavy (non-hydrogen) atoms. The molecule has 1 aliphatic heterocycles. The Labute approximate surface area is 114 Å². The number of hydrogen-bond donors (Lipinski definition) is 0. The van der Waals surface area contributed by atoms with Gasteiger partial charge in [0.1, 0.15) is 10.3 Å². The number of halogens is 2. The van der Waals surface area contributed by atoms with E-state index < -0.39 is 6.29 Å². The summed E-state index contributed by atoms with van der Waals surface area (Å²) in [4.78, 5) is 4.29. The third kappa shape index (κ3) is 1.87. The Kier molecular flexibility index (Phi) is 3.15. The molecule has 2 aromatic rings. The van der Waals surface area contributed by atoms with Gasteiger partial charge in [-0.05, 0) is 13.3 Å². The first-order valence-corrected chi connectivity index (χ1v) is 6.36. The van der Waals surface area contributed by atoms with Crippen LogP contribution < -0.4 is 0 Å². The molecule has 2 aromatic heterocycles. The molecule has 0 unspecified atom stereocenters. The first-order chi connectivity index (χ1) is 8.68. The number of ether oxygens (including phenoxy) is 2. The molecular formula is C11H11Cl2N3O2. The van der Waals surface area contributed by atoms with Crippen molar-refractivity contribution >= 4 is 28.8 Å². The fourth-order valence-electron chi connectivity index (χ4n) is 1.86. The Bertz CT molecular complexity index is 593. The average Bonchev–Trinajstić information content (AvgIpc) is 2.81. The highest BCUT2D eigenvalue weighted by atomic mass is 35.5. The maximum absolute atomic E-state index is 6.18. The predicted molar refractivity (Wildman–Crippen MR) is 67.0 cm³/mol. The van der Waals surface area contributed by atoms with Crippen LogP contribution in [0.1, 0.15) is 23.8 Å². The smallest absolute Gasteiger partial charge is 0.188 e. The van der Waals surface area contributed by atoms with Crippen molar-refractivity contribution in [1.29, 1.82) is 0 Å². The molecule has 0 bridgehead atoms. The lowest BCUT2D eigenvalue weighted by atomic mass is 10.3. The molecule has 3 heterocycles. The van der Waals surface area contributed by atoms with Crippen LogP contribution >= 0.6 is 23.2 Å². The van der Waals surface area contributed by atoms with Crippen molar-refractivity contribution in [1.82, 2.24) is 14.6 Å². The molecule has 0 N–H and O–H groups in total. The van der Waals surface area contributed by atoms with E-state index in [0.717, 1.165) is 12.0 Å². The molecule has 0 radical (unpaired) electrons. The van der Waals surface area contributed by atoms with Crippen LogP contribution in [-0.2, 0) is 9.47 Å². The highest BCUT2D eigenvalue weighted by Crippen LogP contribution is 2.30. The molecule has 0 aromatic carbocycles. The third-order valence-electron chi connectivity index (χ3n) is 2.86. The van der Waals surface area contributed by atoms with Crippen molar-refractivity contribution in [3.8, 4) is 0 Å². The molecule has 1 fully saturated rings. The Balaban J connectivity index is 2.13. The van der Waals surface area contributed by atoms with Gasteiger partial charge in [0.2, 0.25) is 0 Å². The third-order valence-corrected chi connectivity index (χ3v) is 3.67. The minimum atomic E-state index is -0.446. The van der Waals surface area contributed by atoms with Crippen LogP contribution in [0.4, 0.5) is 0 Å². The van der Waals surface area contributed by atoms with E-state index in [-0.39, 0.29) is 0 Å². The van der Waals surface area contributed by atoms with Crippen molar-refractivity contribution in [3.05, 3.63) is 27.6 Å². The number of aromatic nitrogens is 3. The predicted octanol–water partition coefficient (Wildman–Crippen LogP) is 2.78. The van der Waals surface area contributed by atoms with E-state index in [0.29, 0.717) is 34.7 Å². The Hall–Kier alpha value is -0.880. The first-order valence-electron chi connectivity index (χ1n) is 5.61. The van der Waals surface area contributed by atoms with Crippen LogP contribution in [0.25, 0.3) is 5.65 Å². The average molecular weight is 288 g/mol. The molecule has 1 aliphatic rings. The molecular weight excluding hydrogens is 277 g/mol. The van der Waals surface area contributed by atoms with Crippen LogP contribution in [0.5, 0.6) is 0 Å². The van der Waals surface area contributed by atoms with Gasteiger partial charge in [-0.1, -0.05) is 23.2 Å². The standard InChI is InChI=1S/C11H11Cl2N3O2/c1-6-8(12)15-10-7(5-14-16(10)9(6)13)11-17-3-2-4-18-11/h5,11H,2-4H2,1H3. The molecule has 0 aliphatic carbocycles. The van der Waals surface area contributed by atoms with Crippen LogP contribution in [0.3, 0.4) is 0 Å². The van der Waals surface area contributed by atoms with Crippen LogP contribution in [0.15, 0.2) is 6.20 Å². The van der Waals surface area contributed by atoms with Crippen molar-refractivity contribution in [2.24, 2.45) is 0 Å². The Morgan fingerprint density at radius 3 is 2.78 bits per heavy atom. The molecule has 7 heteroatoms. The summed E-state index contributed by atoms with van der Waals surface area (Å²) in [6.07, 6.45) is 2.10. The summed E-state index contributed by atoms with van der Waals surface area (Å²) in [6.45, 7) is 3.12.